The summed E-state index contributed by atoms with van der Waals surface area (Å²) in [6.07, 6.45) is 1.74. The first-order valence-electron chi connectivity index (χ1n) is 7.12. The van der Waals surface area contributed by atoms with E-state index in [9.17, 15) is 10.1 Å². The van der Waals surface area contributed by atoms with Gasteiger partial charge in [-0.05, 0) is 18.2 Å². The Morgan fingerprint density at radius 3 is 2.61 bits per heavy atom. The standard InChI is InChI=1S/C18H11N3O2/c22-21(23)17-7-3-5-12-8-9-16(20-18(12)17)14-10-13-4-1-2-6-15(13)19-11-14/h1-11H. The maximum Gasteiger partial charge on any atom is 0.295 e. The van der Waals surface area contributed by atoms with Crippen LogP contribution in [0.1, 0.15) is 0 Å². The van der Waals surface area contributed by atoms with Gasteiger partial charge in [0, 0.05) is 28.6 Å². The van der Waals surface area contributed by atoms with Crippen LogP contribution in [0.5, 0.6) is 0 Å². The SMILES string of the molecule is O=[N+]([O-])c1cccc2ccc(-c3cnc4ccccc4c3)nc12. The Kier molecular flexibility index (Phi) is 2.98. The third-order valence-corrected chi connectivity index (χ3v) is 3.78. The van der Waals surface area contributed by atoms with Gasteiger partial charge >= 0.3 is 0 Å². The predicted octanol–water partition coefficient (Wildman–Crippen LogP) is 4.36. The van der Waals surface area contributed by atoms with E-state index in [1.54, 1.807) is 12.3 Å². The van der Waals surface area contributed by atoms with E-state index in [0.717, 1.165) is 21.9 Å². The first-order chi connectivity index (χ1) is 11.2. The number of non-ortho nitro benzene ring substituents is 1. The van der Waals surface area contributed by atoms with Gasteiger partial charge in [0.2, 0.25) is 0 Å². The predicted molar refractivity (Wildman–Crippen MR) is 89.1 cm³/mol. The van der Waals surface area contributed by atoms with Crippen LogP contribution in [0.4, 0.5) is 5.69 Å². The normalized spacial score (nSPS) is 11.0. The van der Waals surface area contributed by atoms with E-state index < -0.39 is 4.92 Å². The monoisotopic (exact) mass is 301 g/mol. The number of para-hydroxylation sites is 2. The highest BCUT2D eigenvalue weighted by molar-refractivity contribution is 5.90. The van der Waals surface area contributed by atoms with Gasteiger partial charge in [-0.2, -0.15) is 0 Å². The summed E-state index contributed by atoms with van der Waals surface area (Å²) < 4.78 is 0. The summed E-state index contributed by atoms with van der Waals surface area (Å²) in [5, 5.41) is 12.9. The third kappa shape index (κ3) is 2.28. The van der Waals surface area contributed by atoms with Crippen molar-refractivity contribution < 1.29 is 4.92 Å². The highest BCUT2D eigenvalue weighted by atomic mass is 16.6. The molecule has 0 amide bonds. The lowest BCUT2D eigenvalue weighted by Crippen LogP contribution is -1.93. The van der Waals surface area contributed by atoms with Crippen LogP contribution in [0.25, 0.3) is 33.1 Å². The van der Waals surface area contributed by atoms with Gasteiger partial charge in [-0.25, -0.2) is 4.98 Å². The molecule has 0 bridgehead atoms. The zero-order valence-corrected chi connectivity index (χ0v) is 12.0. The Bertz CT molecular complexity index is 1060. The van der Waals surface area contributed by atoms with Gasteiger partial charge in [0.25, 0.3) is 5.69 Å². The van der Waals surface area contributed by atoms with Crippen LogP contribution in [0.3, 0.4) is 0 Å². The molecule has 0 unspecified atom stereocenters. The van der Waals surface area contributed by atoms with Crippen molar-refractivity contribution in [3.8, 4) is 11.3 Å². The van der Waals surface area contributed by atoms with Crippen molar-refractivity contribution in [2.75, 3.05) is 0 Å². The topological polar surface area (TPSA) is 68.9 Å². The molecule has 0 spiro atoms. The molecule has 0 saturated heterocycles. The Hall–Kier alpha value is -3.34. The molecule has 0 fully saturated rings. The maximum absolute atomic E-state index is 11.2. The lowest BCUT2D eigenvalue weighted by molar-refractivity contribution is -0.383. The molecular weight excluding hydrogens is 290 g/mol. The Labute approximate surface area is 131 Å². The summed E-state index contributed by atoms with van der Waals surface area (Å²) in [4.78, 5) is 19.7. The number of pyridine rings is 2. The van der Waals surface area contributed by atoms with E-state index >= 15 is 0 Å². The molecule has 110 valence electrons. The zero-order chi connectivity index (χ0) is 15.8. The van der Waals surface area contributed by atoms with Crippen LogP contribution < -0.4 is 0 Å². The van der Waals surface area contributed by atoms with Gasteiger partial charge < -0.3 is 0 Å². The fraction of sp³-hybridized carbons (Fsp3) is 0. The zero-order valence-electron chi connectivity index (χ0n) is 12.0. The second-order valence-electron chi connectivity index (χ2n) is 5.22. The molecule has 0 aliphatic heterocycles. The van der Waals surface area contributed by atoms with Crippen molar-refractivity contribution in [2.24, 2.45) is 0 Å². The van der Waals surface area contributed by atoms with E-state index in [4.69, 9.17) is 0 Å². The second kappa shape index (κ2) is 5.14. The van der Waals surface area contributed by atoms with Crippen LogP contribution in [0.15, 0.2) is 66.9 Å². The molecule has 0 aliphatic rings. The van der Waals surface area contributed by atoms with Gasteiger partial charge in [-0.1, -0.05) is 36.4 Å². The quantitative estimate of drug-likeness (QED) is 0.407. The summed E-state index contributed by atoms with van der Waals surface area (Å²) >= 11 is 0. The number of nitro groups is 1. The number of fused-ring (bicyclic) bond motifs is 2. The van der Waals surface area contributed by atoms with Crippen LogP contribution in [0.2, 0.25) is 0 Å². The first kappa shape index (κ1) is 13.3. The molecule has 2 aromatic carbocycles. The smallest absolute Gasteiger partial charge is 0.258 e. The molecular formula is C18H11N3O2. The number of nitrogens with zero attached hydrogens (tertiary/aromatic N) is 3. The Balaban J connectivity index is 1.93. The molecule has 2 aromatic heterocycles. The molecule has 2 heterocycles. The molecule has 0 aliphatic carbocycles. The van der Waals surface area contributed by atoms with Crippen molar-refractivity contribution in [2.45, 2.75) is 0 Å². The van der Waals surface area contributed by atoms with Gasteiger partial charge in [0.05, 0.1) is 16.1 Å². The molecule has 23 heavy (non-hydrogen) atoms. The molecule has 0 radical (unpaired) electrons. The van der Waals surface area contributed by atoms with Crippen LogP contribution in [0, 0.1) is 10.1 Å². The van der Waals surface area contributed by atoms with Crippen molar-refractivity contribution in [1.29, 1.82) is 0 Å². The van der Waals surface area contributed by atoms with Crippen molar-refractivity contribution >= 4 is 27.5 Å². The Morgan fingerprint density at radius 2 is 1.74 bits per heavy atom. The van der Waals surface area contributed by atoms with E-state index in [2.05, 4.69) is 9.97 Å². The minimum Gasteiger partial charge on any atom is -0.258 e. The number of hydrogen-bond donors (Lipinski definition) is 0. The molecule has 5 heteroatoms. The summed E-state index contributed by atoms with van der Waals surface area (Å²) in [5.41, 5.74) is 2.82. The summed E-state index contributed by atoms with van der Waals surface area (Å²) in [5.74, 6) is 0. The van der Waals surface area contributed by atoms with E-state index in [1.807, 2.05) is 48.5 Å². The second-order valence-corrected chi connectivity index (χ2v) is 5.22. The Morgan fingerprint density at radius 1 is 0.913 bits per heavy atom. The summed E-state index contributed by atoms with van der Waals surface area (Å²) in [7, 11) is 0. The first-order valence-corrected chi connectivity index (χ1v) is 7.12. The minimum atomic E-state index is -0.405. The number of aromatic nitrogens is 2. The summed E-state index contributed by atoms with van der Waals surface area (Å²) in [6.45, 7) is 0. The van der Waals surface area contributed by atoms with E-state index in [1.165, 1.54) is 6.07 Å². The van der Waals surface area contributed by atoms with Gasteiger partial charge in [-0.15, -0.1) is 0 Å². The largest absolute Gasteiger partial charge is 0.295 e. The molecule has 4 rings (SSSR count). The molecule has 0 atom stereocenters. The van der Waals surface area contributed by atoms with E-state index in [-0.39, 0.29) is 5.69 Å². The lowest BCUT2D eigenvalue weighted by Gasteiger charge is -2.05. The summed E-state index contributed by atoms with van der Waals surface area (Å²) in [6, 6.07) is 18.5. The number of benzene rings is 2. The fourth-order valence-electron chi connectivity index (χ4n) is 2.65. The highest BCUT2D eigenvalue weighted by Crippen LogP contribution is 2.28. The molecule has 0 saturated carbocycles. The van der Waals surface area contributed by atoms with Crippen LogP contribution in [-0.2, 0) is 0 Å². The van der Waals surface area contributed by atoms with Crippen molar-refractivity contribution in [3.05, 3.63) is 77.0 Å². The van der Waals surface area contributed by atoms with Gasteiger partial charge in [-0.3, -0.25) is 15.1 Å². The van der Waals surface area contributed by atoms with Gasteiger partial charge in [0.15, 0.2) is 0 Å². The highest BCUT2D eigenvalue weighted by Gasteiger charge is 2.13. The molecule has 4 aromatic rings. The third-order valence-electron chi connectivity index (χ3n) is 3.78. The van der Waals surface area contributed by atoms with E-state index in [0.29, 0.717) is 11.2 Å². The van der Waals surface area contributed by atoms with Crippen molar-refractivity contribution in [3.63, 3.8) is 0 Å². The molecule has 0 N–H and O–H groups in total. The number of rotatable bonds is 2. The number of hydrogen-bond acceptors (Lipinski definition) is 4. The van der Waals surface area contributed by atoms with Crippen molar-refractivity contribution in [1.82, 2.24) is 9.97 Å². The van der Waals surface area contributed by atoms with Crippen LogP contribution >= 0.6 is 0 Å². The fourth-order valence-corrected chi connectivity index (χ4v) is 2.65. The average Bonchev–Trinajstić information content (AvgIpc) is 2.60. The van der Waals surface area contributed by atoms with Crippen LogP contribution in [-0.4, -0.2) is 14.9 Å². The minimum absolute atomic E-state index is 0.0121. The van der Waals surface area contributed by atoms with Gasteiger partial charge in [0.1, 0.15) is 5.52 Å². The lowest BCUT2D eigenvalue weighted by atomic mass is 10.1. The molecule has 5 nitrogen and oxygen atoms in total. The average molecular weight is 301 g/mol. The maximum atomic E-state index is 11.2. The number of nitro benzene ring substituents is 1.